The third-order valence-corrected chi connectivity index (χ3v) is 5.88. The van der Waals surface area contributed by atoms with Gasteiger partial charge in [-0.1, -0.05) is 22.9 Å². The predicted octanol–water partition coefficient (Wildman–Crippen LogP) is 1.94. The van der Waals surface area contributed by atoms with Crippen LogP contribution in [0.3, 0.4) is 0 Å². The van der Waals surface area contributed by atoms with Gasteiger partial charge in [-0.2, -0.15) is 4.37 Å². The van der Waals surface area contributed by atoms with Crippen molar-refractivity contribution in [2.24, 2.45) is 0 Å². The highest BCUT2D eigenvalue weighted by atomic mass is 32.1. The molecule has 3 heterocycles. The summed E-state index contributed by atoms with van der Waals surface area (Å²) in [4.78, 5) is 21.3. The fraction of sp³-hybridized carbons (Fsp3) is 0.421. The topological polar surface area (TPSA) is 80.0 Å². The van der Waals surface area contributed by atoms with Gasteiger partial charge in [0.05, 0.1) is 23.5 Å². The third-order valence-electron chi connectivity index (χ3n) is 5.01. The Labute approximate surface area is 168 Å². The van der Waals surface area contributed by atoms with Crippen LogP contribution in [0, 0.1) is 20.8 Å². The molecule has 2 aromatic heterocycles. The highest BCUT2D eigenvalue weighted by Crippen LogP contribution is 2.19. The van der Waals surface area contributed by atoms with Crippen molar-refractivity contribution in [3.63, 3.8) is 0 Å². The number of benzene rings is 1. The lowest BCUT2D eigenvalue weighted by Gasteiger charge is -2.34. The molecule has 1 aliphatic rings. The number of aromatic nitrogens is 5. The monoisotopic (exact) mass is 397 g/mol. The molecule has 4 rings (SSSR count). The van der Waals surface area contributed by atoms with Gasteiger partial charge >= 0.3 is 0 Å². The molecule has 1 aliphatic heterocycles. The van der Waals surface area contributed by atoms with E-state index in [-0.39, 0.29) is 12.3 Å². The number of amides is 1. The summed E-state index contributed by atoms with van der Waals surface area (Å²) in [5.41, 5.74) is 3.78. The second-order valence-electron chi connectivity index (χ2n) is 7.04. The standard InChI is InChI=1S/C19H23N7OS/c1-13-4-6-16(7-5-13)26-14(2)17(21-23-26)12-18(27)24-8-10-25(11-9-24)19-20-15(3)22-28-19/h4-7H,8-12H2,1-3H3. The van der Waals surface area contributed by atoms with Crippen LogP contribution in [0.1, 0.15) is 22.8 Å². The molecule has 0 radical (unpaired) electrons. The number of piperazine rings is 1. The van der Waals surface area contributed by atoms with Crippen molar-refractivity contribution in [1.82, 2.24) is 29.3 Å². The molecule has 0 atom stereocenters. The molecule has 1 amide bonds. The molecule has 1 aromatic carbocycles. The average Bonchev–Trinajstić information content (AvgIpc) is 3.29. The Morgan fingerprint density at radius 2 is 1.79 bits per heavy atom. The van der Waals surface area contributed by atoms with Gasteiger partial charge in [-0.25, -0.2) is 9.67 Å². The lowest BCUT2D eigenvalue weighted by Crippen LogP contribution is -2.49. The molecular weight excluding hydrogens is 374 g/mol. The number of rotatable bonds is 4. The Morgan fingerprint density at radius 3 is 2.43 bits per heavy atom. The van der Waals surface area contributed by atoms with Crippen LogP contribution < -0.4 is 4.90 Å². The normalized spacial score (nSPS) is 14.5. The van der Waals surface area contributed by atoms with E-state index in [1.807, 2.05) is 49.9 Å². The van der Waals surface area contributed by atoms with E-state index in [1.165, 1.54) is 17.1 Å². The maximum absolute atomic E-state index is 12.8. The maximum atomic E-state index is 12.8. The molecule has 0 unspecified atom stereocenters. The molecule has 28 heavy (non-hydrogen) atoms. The van der Waals surface area contributed by atoms with Gasteiger partial charge in [-0.15, -0.1) is 5.10 Å². The van der Waals surface area contributed by atoms with Crippen molar-refractivity contribution in [3.8, 4) is 5.69 Å². The van der Waals surface area contributed by atoms with E-state index in [4.69, 9.17) is 0 Å². The first-order valence-corrected chi connectivity index (χ1v) is 10.1. The van der Waals surface area contributed by atoms with Gasteiger partial charge in [0.1, 0.15) is 5.82 Å². The summed E-state index contributed by atoms with van der Waals surface area (Å²) in [6.07, 6.45) is 0.273. The molecule has 0 bridgehead atoms. The summed E-state index contributed by atoms with van der Waals surface area (Å²) in [6, 6.07) is 8.11. The third kappa shape index (κ3) is 3.75. The van der Waals surface area contributed by atoms with Crippen molar-refractivity contribution >= 4 is 22.6 Å². The summed E-state index contributed by atoms with van der Waals surface area (Å²) in [7, 11) is 0. The van der Waals surface area contributed by atoms with Crippen LogP contribution in [0.2, 0.25) is 0 Å². The van der Waals surface area contributed by atoms with Crippen molar-refractivity contribution < 1.29 is 4.79 Å². The molecule has 0 spiro atoms. The van der Waals surface area contributed by atoms with E-state index in [0.29, 0.717) is 13.1 Å². The van der Waals surface area contributed by atoms with Crippen molar-refractivity contribution in [2.45, 2.75) is 27.2 Å². The minimum Gasteiger partial charge on any atom is -0.343 e. The number of nitrogens with zero attached hydrogens (tertiary/aromatic N) is 7. The van der Waals surface area contributed by atoms with E-state index in [1.54, 1.807) is 4.68 Å². The lowest BCUT2D eigenvalue weighted by atomic mass is 10.2. The molecule has 0 N–H and O–H groups in total. The van der Waals surface area contributed by atoms with E-state index in [0.717, 1.165) is 41.1 Å². The smallest absolute Gasteiger partial charge is 0.228 e. The van der Waals surface area contributed by atoms with Crippen LogP contribution in [-0.2, 0) is 11.2 Å². The number of hydrogen-bond acceptors (Lipinski definition) is 7. The molecule has 146 valence electrons. The second kappa shape index (κ2) is 7.67. The van der Waals surface area contributed by atoms with Gasteiger partial charge in [0.2, 0.25) is 11.0 Å². The fourth-order valence-corrected chi connectivity index (χ4v) is 4.00. The van der Waals surface area contributed by atoms with Crippen molar-refractivity contribution in [2.75, 3.05) is 31.1 Å². The first kappa shape index (κ1) is 18.5. The number of carbonyl (C=O) groups excluding carboxylic acids is 1. The fourth-order valence-electron chi connectivity index (χ4n) is 3.27. The molecular formula is C19H23N7OS. The summed E-state index contributed by atoms with van der Waals surface area (Å²) < 4.78 is 6.02. The Morgan fingerprint density at radius 1 is 1.07 bits per heavy atom. The zero-order valence-corrected chi connectivity index (χ0v) is 17.1. The highest BCUT2D eigenvalue weighted by Gasteiger charge is 2.24. The molecule has 1 saturated heterocycles. The molecule has 0 saturated carbocycles. The van der Waals surface area contributed by atoms with Gasteiger partial charge in [0.15, 0.2) is 0 Å². The van der Waals surface area contributed by atoms with E-state index < -0.39 is 0 Å². The molecule has 1 fully saturated rings. The maximum Gasteiger partial charge on any atom is 0.228 e. The summed E-state index contributed by atoms with van der Waals surface area (Å²) in [6.45, 7) is 8.81. The minimum atomic E-state index is 0.0900. The zero-order chi connectivity index (χ0) is 19.7. The van der Waals surface area contributed by atoms with Gasteiger partial charge in [0, 0.05) is 37.7 Å². The van der Waals surface area contributed by atoms with Gasteiger partial charge in [-0.3, -0.25) is 4.79 Å². The average molecular weight is 398 g/mol. The number of carbonyl (C=O) groups is 1. The van der Waals surface area contributed by atoms with Crippen LogP contribution in [0.15, 0.2) is 24.3 Å². The van der Waals surface area contributed by atoms with Crippen LogP contribution in [0.4, 0.5) is 5.13 Å². The second-order valence-corrected chi connectivity index (χ2v) is 7.77. The Kier molecular flexibility index (Phi) is 5.08. The highest BCUT2D eigenvalue weighted by molar-refractivity contribution is 7.09. The predicted molar refractivity (Wildman–Crippen MR) is 108 cm³/mol. The van der Waals surface area contributed by atoms with Gasteiger partial charge < -0.3 is 9.80 Å². The van der Waals surface area contributed by atoms with Crippen LogP contribution in [-0.4, -0.2) is 61.3 Å². The van der Waals surface area contributed by atoms with Crippen LogP contribution in [0.5, 0.6) is 0 Å². The Balaban J connectivity index is 1.39. The largest absolute Gasteiger partial charge is 0.343 e. The number of aryl methyl sites for hydroxylation is 2. The molecule has 8 nitrogen and oxygen atoms in total. The number of hydrogen-bond donors (Lipinski definition) is 0. The van der Waals surface area contributed by atoms with E-state index >= 15 is 0 Å². The number of anilines is 1. The Hall–Kier alpha value is -2.81. The quantitative estimate of drug-likeness (QED) is 0.669. The summed E-state index contributed by atoms with van der Waals surface area (Å²) in [5.74, 6) is 0.887. The van der Waals surface area contributed by atoms with Crippen LogP contribution in [0.25, 0.3) is 5.69 Å². The molecule has 9 heteroatoms. The minimum absolute atomic E-state index is 0.0900. The lowest BCUT2D eigenvalue weighted by molar-refractivity contribution is -0.130. The van der Waals surface area contributed by atoms with Crippen LogP contribution >= 0.6 is 11.5 Å². The first-order chi connectivity index (χ1) is 13.5. The van der Waals surface area contributed by atoms with Gasteiger partial charge in [0.25, 0.3) is 0 Å². The molecule has 3 aromatic rings. The summed E-state index contributed by atoms with van der Waals surface area (Å²) >= 11 is 1.41. The van der Waals surface area contributed by atoms with E-state index in [2.05, 4.69) is 24.6 Å². The Bertz CT molecular complexity index is 971. The summed E-state index contributed by atoms with van der Waals surface area (Å²) in [5, 5.41) is 9.43. The van der Waals surface area contributed by atoms with Crippen molar-refractivity contribution in [1.29, 1.82) is 0 Å². The molecule has 0 aliphatic carbocycles. The van der Waals surface area contributed by atoms with Crippen molar-refractivity contribution in [3.05, 3.63) is 47.0 Å². The first-order valence-electron chi connectivity index (χ1n) is 9.32. The van der Waals surface area contributed by atoms with Gasteiger partial charge in [-0.05, 0) is 32.9 Å². The van der Waals surface area contributed by atoms with E-state index in [9.17, 15) is 4.79 Å². The SMILES string of the molecule is Cc1ccc(-n2nnc(CC(=O)N3CCN(c4nc(C)ns4)CC3)c2C)cc1. The zero-order valence-electron chi connectivity index (χ0n) is 16.3.